The van der Waals surface area contributed by atoms with E-state index in [0.717, 1.165) is 89.9 Å². The van der Waals surface area contributed by atoms with Crippen molar-refractivity contribution in [2.45, 2.75) is 271 Å². The first-order valence-corrected chi connectivity index (χ1v) is 27.5. The van der Waals surface area contributed by atoms with Crippen molar-refractivity contribution in [2.75, 3.05) is 19.8 Å². The van der Waals surface area contributed by atoms with Crippen molar-refractivity contribution in [3.8, 4) is 0 Å². The minimum Gasteiger partial charge on any atom is -0.462 e. The van der Waals surface area contributed by atoms with Crippen molar-refractivity contribution in [3.05, 3.63) is 72.9 Å². The Bertz CT molecular complexity index is 1150. The minimum atomic E-state index is -0.554. The Labute approximate surface area is 397 Å². The van der Waals surface area contributed by atoms with E-state index in [1.807, 2.05) is 0 Å². The molecule has 0 bridgehead atoms. The molecule has 0 aliphatic rings. The highest BCUT2D eigenvalue weighted by Gasteiger charge is 2.17. The van der Waals surface area contributed by atoms with Crippen molar-refractivity contribution in [3.63, 3.8) is 0 Å². The molecular formula is C59H104O5. The largest absolute Gasteiger partial charge is 0.462 e. The van der Waals surface area contributed by atoms with Crippen LogP contribution in [0.25, 0.3) is 0 Å². The van der Waals surface area contributed by atoms with Crippen LogP contribution in [0.15, 0.2) is 72.9 Å². The maximum atomic E-state index is 12.8. The number of ether oxygens (including phenoxy) is 3. The topological polar surface area (TPSA) is 61.8 Å². The van der Waals surface area contributed by atoms with Gasteiger partial charge in [-0.1, -0.05) is 216 Å². The van der Waals surface area contributed by atoms with Crippen LogP contribution in [0, 0.1) is 0 Å². The molecule has 0 aliphatic heterocycles. The zero-order valence-electron chi connectivity index (χ0n) is 42.5. The third kappa shape index (κ3) is 52.0. The molecule has 0 aromatic rings. The molecule has 64 heavy (non-hydrogen) atoms. The smallest absolute Gasteiger partial charge is 0.306 e. The van der Waals surface area contributed by atoms with Gasteiger partial charge in [0.25, 0.3) is 0 Å². The normalized spacial score (nSPS) is 12.7. The second-order valence-corrected chi connectivity index (χ2v) is 18.1. The zero-order valence-corrected chi connectivity index (χ0v) is 42.5. The molecule has 0 saturated carbocycles. The fourth-order valence-electron chi connectivity index (χ4n) is 7.61. The Morgan fingerprint density at radius 3 is 1.16 bits per heavy atom. The van der Waals surface area contributed by atoms with Crippen LogP contribution in [0.5, 0.6) is 0 Å². The number of carbonyl (C=O) groups is 2. The second kappa shape index (κ2) is 54.7. The summed E-state index contributed by atoms with van der Waals surface area (Å²) in [5.74, 6) is -0.418. The first-order chi connectivity index (χ1) is 31.6. The lowest BCUT2D eigenvalue weighted by molar-refractivity contribution is -0.163. The fourth-order valence-corrected chi connectivity index (χ4v) is 7.61. The second-order valence-electron chi connectivity index (χ2n) is 18.1. The Kier molecular flexibility index (Phi) is 52.4. The van der Waals surface area contributed by atoms with Gasteiger partial charge in [0.2, 0.25) is 0 Å². The van der Waals surface area contributed by atoms with E-state index < -0.39 is 6.10 Å². The zero-order chi connectivity index (χ0) is 46.3. The molecule has 0 saturated heterocycles. The predicted molar refractivity (Wildman–Crippen MR) is 279 cm³/mol. The van der Waals surface area contributed by atoms with Crippen molar-refractivity contribution < 1.29 is 23.8 Å². The number of hydrogen-bond acceptors (Lipinski definition) is 5. The number of unbranched alkanes of at least 4 members (excludes halogenated alkanes) is 27. The highest BCUT2D eigenvalue weighted by atomic mass is 16.6. The summed E-state index contributed by atoms with van der Waals surface area (Å²) in [5.41, 5.74) is 0. The molecule has 0 rings (SSSR count). The van der Waals surface area contributed by atoms with Gasteiger partial charge in [-0.15, -0.1) is 0 Å². The van der Waals surface area contributed by atoms with Crippen LogP contribution in [0.3, 0.4) is 0 Å². The average molecular weight is 893 g/mol. The van der Waals surface area contributed by atoms with Gasteiger partial charge in [-0.05, 0) is 109 Å². The van der Waals surface area contributed by atoms with E-state index in [-0.39, 0.29) is 25.2 Å². The molecule has 0 radical (unpaired) electrons. The first-order valence-electron chi connectivity index (χ1n) is 27.5. The van der Waals surface area contributed by atoms with Gasteiger partial charge in [0.1, 0.15) is 6.61 Å². The molecule has 0 aromatic carbocycles. The molecule has 370 valence electrons. The summed E-state index contributed by atoms with van der Waals surface area (Å²) in [7, 11) is 0. The van der Waals surface area contributed by atoms with E-state index in [1.54, 1.807) is 0 Å². The first kappa shape index (κ1) is 61.3. The van der Waals surface area contributed by atoms with Crippen molar-refractivity contribution in [1.29, 1.82) is 0 Å². The molecule has 5 heteroatoms. The maximum Gasteiger partial charge on any atom is 0.306 e. The van der Waals surface area contributed by atoms with E-state index in [1.165, 1.54) is 141 Å². The highest BCUT2D eigenvalue weighted by Crippen LogP contribution is 2.14. The Balaban J connectivity index is 4.30. The summed E-state index contributed by atoms with van der Waals surface area (Å²) in [6.45, 7) is 7.66. The van der Waals surface area contributed by atoms with Crippen molar-refractivity contribution >= 4 is 11.9 Å². The highest BCUT2D eigenvalue weighted by molar-refractivity contribution is 5.70. The van der Waals surface area contributed by atoms with Gasteiger partial charge in [-0.3, -0.25) is 9.59 Å². The summed E-state index contributed by atoms with van der Waals surface area (Å²) in [6.07, 6.45) is 70.6. The van der Waals surface area contributed by atoms with E-state index >= 15 is 0 Å². The molecular weight excluding hydrogens is 789 g/mol. The summed E-state index contributed by atoms with van der Waals surface area (Å²) in [5, 5.41) is 0. The van der Waals surface area contributed by atoms with E-state index in [2.05, 4.69) is 93.7 Å². The molecule has 0 heterocycles. The quantitative estimate of drug-likeness (QED) is 0.0346. The molecule has 0 aromatic heterocycles. The number of allylic oxidation sites excluding steroid dienone is 12. The van der Waals surface area contributed by atoms with Gasteiger partial charge in [0, 0.05) is 19.4 Å². The molecule has 1 atom stereocenters. The van der Waals surface area contributed by atoms with Crippen LogP contribution >= 0.6 is 0 Å². The van der Waals surface area contributed by atoms with Gasteiger partial charge in [0.15, 0.2) is 6.10 Å². The van der Waals surface area contributed by atoms with Crippen LogP contribution in [0.2, 0.25) is 0 Å². The summed E-state index contributed by atoms with van der Waals surface area (Å²) in [4.78, 5) is 25.4. The number of esters is 2. The maximum absolute atomic E-state index is 12.8. The molecule has 5 nitrogen and oxygen atoms in total. The van der Waals surface area contributed by atoms with Crippen LogP contribution in [-0.2, 0) is 23.8 Å². The summed E-state index contributed by atoms with van der Waals surface area (Å²) < 4.78 is 17.4. The fraction of sp³-hybridized carbons (Fsp3) is 0.763. The molecule has 1 unspecified atom stereocenters. The van der Waals surface area contributed by atoms with Gasteiger partial charge in [-0.2, -0.15) is 0 Å². The van der Waals surface area contributed by atoms with Crippen LogP contribution in [0.4, 0.5) is 0 Å². The Hall–Kier alpha value is -2.66. The molecule has 0 amide bonds. The lowest BCUT2D eigenvalue weighted by Crippen LogP contribution is -2.30. The minimum absolute atomic E-state index is 0.0708. The van der Waals surface area contributed by atoms with Gasteiger partial charge in [0.05, 0.1) is 6.61 Å². The monoisotopic (exact) mass is 893 g/mol. The standard InChI is InChI=1S/C59H104O5/c1-4-7-10-13-16-19-22-25-27-29-31-33-36-39-42-45-48-51-54-62-55-57(64-59(61)53-50-47-44-41-38-34-24-21-18-15-12-9-6-3)56-63-58(60)52-49-46-43-40-37-35-32-30-28-26-23-20-17-14-11-8-5-2/h7,10,16,19,21,24-28,31,33,57H,4-6,8-9,11-15,17-18,20,22-23,29-30,32,34-56H2,1-3H3/b10-7-,19-16-,24-21-,27-25-,28-26-,33-31-. The molecule has 0 fully saturated rings. The summed E-state index contributed by atoms with van der Waals surface area (Å²) >= 11 is 0. The van der Waals surface area contributed by atoms with Gasteiger partial charge >= 0.3 is 11.9 Å². The number of carbonyl (C=O) groups excluding carboxylic acids is 2. The lowest BCUT2D eigenvalue weighted by atomic mass is 10.1. The number of hydrogen-bond donors (Lipinski definition) is 0. The van der Waals surface area contributed by atoms with E-state index in [0.29, 0.717) is 19.4 Å². The van der Waals surface area contributed by atoms with Gasteiger partial charge < -0.3 is 14.2 Å². The van der Waals surface area contributed by atoms with E-state index in [4.69, 9.17) is 14.2 Å². The van der Waals surface area contributed by atoms with Crippen LogP contribution in [0.1, 0.15) is 265 Å². The molecule has 0 spiro atoms. The third-order valence-corrected chi connectivity index (χ3v) is 11.7. The van der Waals surface area contributed by atoms with Crippen molar-refractivity contribution in [1.82, 2.24) is 0 Å². The Morgan fingerprint density at radius 2 is 0.703 bits per heavy atom. The van der Waals surface area contributed by atoms with Gasteiger partial charge in [-0.25, -0.2) is 0 Å². The predicted octanol–water partition coefficient (Wildman–Crippen LogP) is 18.7. The van der Waals surface area contributed by atoms with Crippen molar-refractivity contribution in [2.24, 2.45) is 0 Å². The Morgan fingerprint density at radius 1 is 0.359 bits per heavy atom. The van der Waals surface area contributed by atoms with Crippen LogP contribution in [-0.4, -0.2) is 37.9 Å². The SMILES string of the molecule is CC/C=C\C/C=C\C/C=C\C/C=C\CCCCCCCOCC(COC(=O)CCCCCCCCC/C=C\CCCCCCCC)OC(=O)CCCCCCC/C=C\CCCCCC. The third-order valence-electron chi connectivity index (χ3n) is 11.7. The number of rotatable bonds is 50. The average Bonchev–Trinajstić information content (AvgIpc) is 3.30. The lowest BCUT2D eigenvalue weighted by Gasteiger charge is -2.18. The summed E-state index contributed by atoms with van der Waals surface area (Å²) in [6, 6.07) is 0. The molecule has 0 N–H and O–H groups in total. The van der Waals surface area contributed by atoms with Crippen LogP contribution < -0.4 is 0 Å². The molecule has 0 aliphatic carbocycles. The van der Waals surface area contributed by atoms with E-state index in [9.17, 15) is 9.59 Å².